The molecule has 0 aliphatic carbocycles. The normalized spacial score (nSPS) is 15.0. The Bertz CT molecular complexity index is 358. The Hall–Kier alpha value is -1.35. The third kappa shape index (κ3) is 4.15. The van der Waals surface area contributed by atoms with E-state index in [4.69, 9.17) is 0 Å². The van der Waals surface area contributed by atoms with Gasteiger partial charge in [-0.05, 0) is 31.4 Å². The number of nitrogens with zero attached hydrogens (tertiary/aromatic N) is 1. The molecular formula is C15H22N2O. The third-order valence-corrected chi connectivity index (χ3v) is 3.41. The summed E-state index contributed by atoms with van der Waals surface area (Å²) in [6, 6.07) is 10.4. The van der Waals surface area contributed by atoms with Crippen LogP contribution in [0.5, 0.6) is 0 Å². The van der Waals surface area contributed by atoms with Gasteiger partial charge in [0.25, 0.3) is 0 Å². The third-order valence-electron chi connectivity index (χ3n) is 3.41. The Kier molecular flexibility index (Phi) is 5.21. The van der Waals surface area contributed by atoms with Crippen LogP contribution in [0.2, 0.25) is 0 Å². The monoisotopic (exact) mass is 246 g/mol. The minimum atomic E-state index is 0.305. The van der Waals surface area contributed by atoms with E-state index in [0.717, 1.165) is 32.6 Å². The zero-order chi connectivity index (χ0) is 12.6. The summed E-state index contributed by atoms with van der Waals surface area (Å²) in [7, 11) is 0. The summed E-state index contributed by atoms with van der Waals surface area (Å²) >= 11 is 0. The lowest BCUT2D eigenvalue weighted by atomic mass is 10.1. The molecule has 1 aromatic rings. The average molecular weight is 246 g/mol. The number of hydrogen-bond donors (Lipinski definition) is 1. The largest absolute Gasteiger partial charge is 0.343 e. The minimum Gasteiger partial charge on any atom is -0.343 e. The van der Waals surface area contributed by atoms with E-state index < -0.39 is 0 Å². The van der Waals surface area contributed by atoms with Crippen LogP contribution in [0, 0.1) is 0 Å². The lowest BCUT2D eigenvalue weighted by molar-refractivity contribution is -0.130. The molecule has 0 radical (unpaired) electrons. The molecule has 0 saturated carbocycles. The molecule has 98 valence electrons. The van der Waals surface area contributed by atoms with Crippen molar-refractivity contribution < 1.29 is 4.79 Å². The maximum absolute atomic E-state index is 11.8. The van der Waals surface area contributed by atoms with E-state index in [0.29, 0.717) is 12.3 Å². The Morgan fingerprint density at radius 3 is 2.56 bits per heavy atom. The first-order chi connectivity index (χ1) is 8.86. The van der Waals surface area contributed by atoms with Gasteiger partial charge < -0.3 is 10.2 Å². The van der Waals surface area contributed by atoms with E-state index in [1.54, 1.807) is 0 Å². The average Bonchev–Trinajstić information content (AvgIpc) is 2.93. The molecule has 0 spiro atoms. The second kappa shape index (κ2) is 7.17. The van der Waals surface area contributed by atoms with Crippen LogP contribution in [0.1, 0.15) is 24.8 Å². The van der Waals surface area contributed by atoms with Crippen LogP contribution in [0.15, 0.2) is 30.3 Å². The van der Waals surface area contributed by atoms with Gasteiger partial charge in [0.2, 0.25) is 5.91 Å². The minimum absolute atomic E-state index is 0.305. The second-order valence-corrected chi connectivity index (χ2v) is 4.82. The SMILES string of the molecule is O=C(CCNCCc1ccccc1)N1CCCC1. The molecule has 1 saturated heterocycles. The highest BCUT2D eigenvalue weighted by Crippen LogP contribution is 2.08. The zero-order valence-electron chi connectivity index (χ0n) is 10.9. The van der Waals surface area contributed by atoms with Crippen molar-refractivity contribution in [3.63, 3.8) is 0 Å². The van der Waals surface area contributed by atoms with Crippen molar-refractivity contribution in [2.45, 2.75) is 25.7 Å². The fourth-order valence-electron chi connectivity index (χ4n) is 2.32. The Balaban J connectivity index is 1.54. The Labute approximate surface area is 109 Å². The molecule has 1 aliphatic heterocycles. The lowest BCUT2D eigenvalue weighted by Crippen LogP contribution is -2.31. The van der Waals surface area contributed by atoms with Crippen LogP contribution in [0.25, 0.3) is 0 Å². The highest BCUT2D eigenvalue weighted by molar-refractivity contribution is 5.76. The van der Waals surface area contributed by atoms with Crippen molar-refractivity contribution in [2.75, 3.05) is 26.2 Å². The van der Waals surface area contributed by atoms with E-state index in [1.165, 1.54) is 18.4 Å². The summed E-state index contributed by atoms with van der Waals surface area (Å²) < 4.78 is 0. The van der Waals surface area contributed by atoms with E-state index in [-0.39, 0.29) is 0 Å². The maximum Gasteiger partial charge on any atom is 0.223 e. The van der Waals surface area contributed by atoms with E-state index >= 15 is 0 Å². The summed E-state index contributed by atoms with van der Waals surface area (Å²) in [6.45, 7) is 3.66. The number of carbonyl (C=O) groups excluding carboxylic acids is 1. The van der Waals surface area contributed by atoms with Crippen molar-refractivity contribution in [3.05, 3.63) is 35.9 Å². The van der Waals surface area contributed by atoms with Crippen molar-refractivity contribution in [1.29, 1.82) is 0 Å². The predicted octanol–water partition coefficient (Wildman–Crippen LogP) is 1.83. The molecule has 3 heteroatoms. The number of likely N-dealkylation sites (tertiary alicyclic amines) is 1. The van der Waals surface area contributed by atoms with Gasteiger partial charge in [-0.15, -0.1) is 0 Å². The molecule has 2 rings (SSSR count). The molecule has 1 N–H and O–H groups in total. The molecule has 1 aliphatic rings. The predicted molar refractivity (Wildman–Crippen MR) is 73.4 cm³/mol. The Morgan fingerprint density at radius 1 is 1.11 bits per heavy atom. The van der Waals surface area contributed by atoms with E-state index in [2.05, 4.69) is 29.6 Å². The summed E-state index contributed by atoms with van der Waals surface area (Å²) in [5.41, 5.74) is 1.34. The van der Waals surface area contributed by atoms with E-state index in [9.17, 15) is 4.79 Å². The number of carbonyl (C=O) groups is 1. The summed E-state index contributed by atoms with van der Waals surface area (Å²) in [5.74, 6) is 0.305. The van der Waals surface area contributed by atoms with Gasteiger partial charge in [0, 0.05) is 26.1 Å². The first-order valence-corrected chi connectivity index (χ1v) is 6.89. The molecule has 1 amide bonds. The van der Waals surface area contributed by atoms with Crippen LogP contribution in [-0.2, 0) is 11.2 Å². The molecular weight excluding hydrogens is 224 g/mol. The van der Waals surface area contributed by atoms with Gasteiger partial charge in [-0.25, -0.2) is 0 Å². The standard InChI is InChI=1S/C15H22N2O/c18-15(17-12-4-5-13-17)9-11-16-10-8-14-6-2-1-3-7-14/h1-3,6-7,16H,4-5,8-13H2. The lowest BCUT2D eigenvalue weighted by Gasteiger charge is -2.15. The molecule has 1 heterocycles. The number of hydrogen-bond acceptors (Lipinski definition) is 2. The molecule has 0 unspecified atom stereocenters. The number of amides is 1. The molecule has 0 atom stereocenters. The first-order valence-electron chi connectivity index (χ1n) is 6.89. The van der Waals surface area contributed by atoms with Crippen LogP contribution < -0.4 is 5.32 Å². The van der Waals surface area contributed by atoms with Gasteiger partial charge in [0.1, 0.15) is 0 Å². The summed E-state index contributed by atoms with van der Waals surface area (Å²) in [5, 5.41) is 3.34. The fourth-order valence-corrected chi connectivity index (χ4v) is 2.32. The van der Waals surface area contributed by atoms with Gasteiger partial charge in [-0.2, -0.15) is 0 Å². The molecule has 1 fully saturated rings. The van der Waals surface area contributed by atoms with Crippen LogP contribution in [0.4, 0.5) is 0 Å². The quantitative estimate of drug-likeness (QED) is 0.777. The highest BCUT2D eigenvalue weighted by atomic mass is 16.2. The number of benzene rings is 1. The van der Waals surface area contributed by atoms with Gasteiger partial charge in [0.15, 0.2) is 0 Å². The van der Waals surface area contributed by atoms with Crippen LogP contribution in [0.3, 0.4) is 0 Å². The van der Waals surface area contributed by atoms with Crippen LogP contribution in [-0.4, -0.2) is 37.0 Å². The topological polar surface area (TPSA) is 32.3 Å². The molecule has 0 bridgehead atoms. The van der Waals surface area contributed by atoms with Gasteiger partial charge in [-0.3, -0.25) is 4.79 Å². The Morgan fingerprint density at radius 2 is 1.83 bits per heavy atom. The zero-order valence-corrected chi connectivity index (χ0v) is 10.9. The molecule has 0 aromatic heterocycles. The summed E-state index contributed by atoms with van der Waals surface area (Å²) in [4.78, 5) is 13.7. The molecule has 18 heavy (non-hydrogen) atoms. The fraction of sp³-hybridized carbons (Fsp3) is 0.533. The van der Waals surface area contributed by atoms with Gasteiger partial charge in [-0.1, -0.05) is 30.3 Å². The second-order valence-electron chi connectivity index (χ2n) is 4.82. The van der Waals surface area contributed by atoms with Crippen molar-refractivity contribution in [3.8, 4) is 0 Å². The smallest absolute Gasteiger partial charge is 0.223 e. The first kappa shape index (κ1) is 13.1. The van der Waals surface area contributed by atoms with E-state index in [1.807, 2.05) is 11.0 Å². The molecule has 3 nitrogen and oxygen atoms in total. The van der Waals surface area contributed by atoms with Crippen molar-refractivity contribution >= 4 is 5.91 Å². The number of rotatable bonds is 6. The van der Waals surface area contributed by atoms with Gasteiger partial charge in [0.05, 0.1) is 0 Å². The molecule has 1 aromatic carbocycles. The van der Waals surface area contributed by atoms with Gasteiger partial charge >= 0.3 is 0 Å². The van der Waals surface area contributed by atoms with Crippen molar-refractivity contribution in [2.24, 2.45) is 0 Å². The number of nitrogens with one attached hydrogen (secondary N) is 1. The maximum atomic E-state index is 11.8. The highest BCUT2D eigenvalue weighted by Gasteiger charge is 2.16. The van der Waals surface area contributed by atoms with Crippen molar-refractivity contribution in [1.82, 2.24) is 10.2 Å². The van der Waals surface area contributed by atoms with Crippen LogP contribution >= 0.6 is 0 Å². The summed E-state index contributed by atoms with van der Waals surface area (Å²) in [6.07, 6.45) is 4.01.